The van der Waals surface area contributed by atoms with E-state index in [2.05, 4.69) is 10.5 Å². The van der Waals surface area contributed by atoms with E-state index in [0.717, 1.165) is 12.8 Å². The van der Waals surface area contributed by atoms with E-state index in [4.69, 9.17) is 10.9 Å². The van der Waals surface area contributed by atoms with Gasteiger partial charge < -0.3 is 21.2 Å². The summed E-state index contributed by atoms with van der Waals surface area (Å²) in [5, 5.41) is 14.8. The smallest absolute Gasteiger partial charge is 0.239 e. The van der Waals surface area contributed by atoms with E-state index >= 15 is 0 Å². The molecule has 0 spiro atoms. The average molecular weight is 284 g/mol. The van der Waals surface area contributed by atoms with Crippen molar-refractivity contribution < 1.29 is 14.8 Å². The summed E-state index contributed by atoms with van der Waals surface area (Å²) in [7, 11) is 0. The van der Waals surface area contributed by atoms with Gasteiger partial charge in [-0.05, 0) is 12.8 Å². The number of oxime groups is 1. The summed E-state index contributed by atoms with van der Waals surface area (Å²) < 4.78 is 0. The molecule has 1 rings (SSSR count). The number of hydrogen-bond acceptors (Lipinski definition) is 4. The molecule has 7 nitrogen and oxygen atoms in total. The first-order valence-electron chi connectivity index (χ1n) is 7.06. The van der Waals surface area contributed by atoms with Crippen LogP contribution in [0.25, 0.3) is 0 Å². The Labute approximate surface area is 119 Å². The van der Waals surface area contributed by atoms with Gasteiger partial charge in [0.15, 0.2) is 5.84 Å². The lowest BCUT2D eigenvalue weighted by molar-refractivity contribution is -0.144. The molecular formula is C13H24N4O3. The van der Waals surface area contributed by atoms with Crippen molar-refractivity contribution in [3.05, 3.63) is 0 Å². The third-order valence-corrected chi connectivity index (χ3v) is 3.69. The van der Waals surface area contributed by atoms with E-state index in [9.17, 15) is 9.59 Å². The minimum Gasteiger partial charge on any atom is -0.409 e. The number of carbonyl (C=O) groups is 2. The maximum absolute atomic E-state index is 12.8. The molecule has 1 heterocycles. The van der Waals surface area contributed by atoms with Gasteiger partial charge in [-0.15, -0.1) is 0 Å². The van der Waals surface area contributed by atoms with E-state index in [-0.39, 0.29) is 24.2 Å². The molecule has 0 bridgehead atoms. The standard InChI is InChI=1S/C13H24N4O3/c1-3-5-13(6-4-2,11(14)16-20)12(19)17-8-7-15-10(18)9-17/h20H,3-9H2,1-2H3,(H2,14,16)(H,15,18). The number of nitrogens with one attached hydrogen (secondary N) is 1. The van der Waals surface area contributed by atoms with Crippen LogP contribution in [0.15, 0.2) is 5.16 Å². The predicted octanol–water partition coefficient (Wildman–Crippen LogP) is 0.278. The van der Waals surface area contributed by atoms with E-state index in [1.807, 2.05) is 13.8 Å². The number of rotatable bonds is 6. The van der Waals surface area contributed by atoms with Crippen molar-refractivity contribution in [3.8, 4) is 0 Å². The van der Waals surface area contributed by atoms with Gasteiger partial charge in [-0.3, -0.25) is 9.59 Å². The van der Waals surface area contributed by atoms with Crippen molar-refractivity contribution in [2.45, 2.75) is 39.5 Å². The van der Waals surface area contributed by atoms with Crippen LogP contribution in [0.4, 0.5) is 0 Å². The second-order valence-electron chi connectivity index (χ2n) is 5.14. The van der Waals surface area contributed by atoms with Crippen molar-refractivity contribution in [3.63, 3.8) is 0 Å². The third-order valence-electron chi connectivity index (χ3n) is 3.69. The highest BCUT2D eigenvalue weighted by atomic mass is 16.4. The van der Waals surface area contributed by atoms with E-state index < -0.39 is 5.41 Å². The summed E-state index contributed by atoms with van der Waals surface area (Å²) in [5.74, 6) is -0.450. The lowest BCUT2D eigenvalue weighted by Gasteiger charge is -2.37. The summed E-state index contributed by atoms with van der Waals surface area (Å²) in [5.41, 5.74) is 4.81. The molecule has 1 saturated heterocycles. The van der Waals surface area contributed by atoms with Crippen molar-refractivity contribution in [2.24, 2.45) is 16.3 Å². The summed E-state index contributed by atoms with van der Waals surface area (Å²) in [6.07, 6.45) is 2.49. The Bertz CT molecular complexity index is 389. The van der Waals surface area contributed by atoms with Crippen LogP contribution in [-0.4, -0.2) is 47.4 Å². The van der Waals surface area contributed by atoms with Gasteiger partial charge >= 0.3 is 0 Å². The molecule has 1 fully saturated rings. The largest absolute Gasteiger partial charge is 0.409 e. The molecule has 20 heavy (non-hydrogen) atoms. The van der Waals surface area contributed by atoms with Crippen LogP contribution in [-0.2, 0) is 9.59 Å². The molecule has 2 amide bonds. The second kappa shape index (κ2) is 7.12. The van der Waals surface area contributed by atoms with Crippen LogP contribution in [0.2, 0.25) is 0 Å². The van der Waals surface area contributed by atoms with Gasteiger partial charge in [0.05, 0.1) is 6.54 Å². The molecular weight excluding hydrogens is 260 g/mol. The van der Waals surface area contributed by atoms with E-state index in [1.54, 1.807) is 0 Å². The Kier molecular flexibility index (Phi) is 5.79. The highest BCUT2D eigenvalue weighted by Crippen LogP contribution is 2.33. The van der Waals surface area contributed by atoms with Crippen LogP contribution in [0.5, 0.6) is 0 Å². The minimum atomic E-state index is -1.00. The molecule has 1 aliphatic rings. The van der Waals surface area contributed by atoms with Gasteiger partial charge in [0.25, 0.3) is 0 Å². The fraction of sp³-hybridized carbons (Fsp3) is 0.769. The Morgan fingerprint density at radius 1 is 1.45 bits per heavy atom. The number of nitrogens with zero attached hydrogens (tertiary/aromatic N) is 2. The van der Waals surface area contributed by atoms with Crippen molar-refractivity contribution >= 4 is 17.6 Å². The summed E-state index contributed by atoms with van der Waals surface area (Å²) in [4.78, 5) is 25.8. The first-order chi connectivity index (χ1) is 9.51. The zero-order chi connectivity index (χ0) is 15.2. The fourth-order valence-electron chi connectivity index (χ4n) is 2.77. The number of piperazine rings is 1. The quantitative estimate of drug-likeness (QED) is 0.282. The Morgan fingerprint density at radius 2 is 2.05 bits per heavy atom. The highest BCUT2D eigenvalue weighted by Gasteiger charge is 2.44. The van der Waals surface area contributed by atoms with Crippen LogP contribution in [0.1, 0.15) is 39.5 Å². The first-order valence-corrected chi connectivity index (χ1v) is 7.06. The van der Waals surface area contributed by atoms with E-state index in [0.29, 0.717) is 25.9 Å². The zero-order valence-electron chi connectivity index (χ0n) is 12.2. The number of hydrogen-bond donors (Lipinski definition) is 3. The number of amidine groups is 1. The molecule has 0 atom stereocenters. The topological polar surface area (TPSA) is 108 Å². The third kappa shape index (κ3) is 3.20. The highest BCUT2D eigenvalue weighted by molar-refractivity contribution is 6.07. The van der Waals surface area contributed by atoms with Gasteiger partial charge in [0.1, 0.15) is 5.41 Å². The summed E-state index contributed by atoms with van der Waals surface area (Å²) >= 11 is 0. The van der Waals surface area contributed by atoms with Gasteiger partial charge in [-0.25, -0.2) is 0 Å². The van der Waals surface area contributed by atoms with Gasteiger partial charge in [-0.2, -0.15) is 0 Å². The molecule has 0 saturated carbocycles. The Hall–Kier alpha value is -1.79. The number of carbonyl (C=O) groups excluding carboxylic acids is 2. The first kappa shape index (κ1) is 16.3. The van der Waals surface area contributed by atoms with Crippen LogP contribution in [0, 0.1) is 5.41 Å². The Morgan fingerprint density at radius 3 is 2.50 bits per heavy atom. The molecule has 0 radical (unpaired) electrons. The molecule has 0 aromatic rings. The predicted molar refractivity (Wildman–Crippen MR) is 75.2 cm³/mol. The summed E-state index contributed by atoms with van der Waals surface area (Å²) in [6.45, 7) is 4.83. The maximum Gasteiger partial charge on any atom is 0.239 e. The zero-order valence-corrected chi connectivity index (χ0v) is 12.2. The molecule has 7 heteroatoms. The minimum absolute atomic E-state index is 0.0344. The normalized spacial score (nSPS) is 17.0. The molecule has 0 aliphatic carbocycles. The Balaban J connectivity index is 3.07. The van der Waals surface area contributed by atoms with Crippen LogP contribution in [0.3, 0.4) is 0 Å². The number of nitrogens with two attached hydrogens (primary N) is 1. The van der Waals surface area contributed by atoms with Gasteiger partial charge in [0.2, 0.25) is 11.8 Å². The second-order valence-corrected chi connectivity index (χ2v) is 5.14. The number of amides is 2. The van der Waals surface area contributed by atoms with Crippen LogP contribution >= 0.6 is 0 Å². The SMILES string of the molecule is CCCC(CCC)(C(=O)N1CCNC(=O)C1)C(N)=NO. The molecule has 4 N–H and O–H groups in total. The van der Waals surface area contributed by atoms with Crippen LogP contribution < -0.4 is 11.1 Å². The maximum atomic E-state index is 12.8. The monoisotopic (exact) mass is 284 g/mol. The molecule has 1 aliphatic heterocycles. The molecule has 0 aromatic carbocycles. The van der Waals surface area contributed by atoms with Gasteiger partial charge in [-0.1, -0.05) is 31.8 Å². The van der Waals surface area contributed by atoms with Crippen molar-refractivity contribution in [1.82, 2.24) is 10.2 Å². The van der Waals surface area contributed by atoms with E-state index in [1.165, 1.54) is 4.90 Å². The molecule has 0 aromatic heterocycles. The summed E-state index contributed by atoms with van der Waals surface area (Å²) in [6, 6.07) is 0. The molecule has 0 unspecified atom stereocenters. The average Bonchev–Trinajstić information content (AvgIpc) is 2.45. The van der Waals surface area contributed by atoms with Gasteiger partial charge in [0, 0.05) is 13.1 Å². The fourth-order valence-corrected chi connectivity index (χ4v) is 2.77. The lowest BCUT2D eigenvalue weighted by atomic mass is 9.76. The molecule has 114 valence electrons. The van der Waals surface area contributed by atoms with Crippen molar-refractivity contribution in [2.75, 3.05) is 19.6 Å². The lowest BCUT2D eigenvalue weighted by Crippen LogP contribution is -2.57. The van der Waals surface area contributed by atoms with Crippen molar-refractivity contribution in [1.29, 1.82) is 0 Å².